The molecule has 1 aromatic heterocycles. The number of β-amino-alcohol motifs (C(OH)–C–C–N with tert-alkyl or cyclic N) is 1. The van der Waals surface area contributed by atoms with Gasteiger partial charge in [0.1, 0.15) is 23.3 Å². The Hall–Kier alpha value is -2.42. The van der Waals surface area contributed by atoms with Crippen molar-refractivity contribution in [3.8, 4) is 0 Å². The van der Waals surface area contributed by atoms with Crippen molar-refractivity contribution in [1.82, 2.24) is 20.2 Å². The first kappa shape index (κ1) is 17.9. The minimum absolute atomic E-state index is 0.0941. The molecule has 3 amide bonds. The van der Waals surface area contributed by atoms with Crippen molar-refractivity contribution < 1.29 is 19.4 Å². The van der Waals surface area contributed by atoms with E-state index in [1.165, 1.54) is 17.4 Å². The fourth-order valence-corrected chi connectivity index (χ4v) is 2.19. The second-order valence-corrected chi connectivity index (χ2v) is 6.85. The zero-order valence-corrected chi connectivity index (χ0v) is 14.2. The lowest BCUT2D eigenvalue weighted by Crippen LogP contribution is -2.71. The SMILES string of the molecule is CC(NC(=O)Nc1ccncn1)C1(O)CN(C(=O)OC(C)(C)C)C1. The summed E-state index contributed by atoms with van der Waals surface area (Å²) in [6, 6.07) is 0.496. The lowest BCUT2D eigenvalue weighted by molar-refractivity contribution is -0.112. The molecule has 2 heterocycles. The largest absolute Gasteiger partial charge is 0.444 e. The molecule has 1 fully saturated rings. The summed E-state index contributed by atoms with van der Waals surface area (Å²) in [6.45, 7) is 7.19. The molecule has 1 aromatic rings. The predicted octanol–water partition coefficient (Wildman–Crippen LogP) is 0.968. The Morgan fingerprint density at radius 3 is 2.62 bits per heavy atom. The van der Waals surface area contributed by atoms with Crippen LogP contribution in [0.3, 0.4) is 0 Å². The van der Waals surface area contributed by atoms with Crippen molar-refractivity contribution in [3.63, 3.8) is 0 Å². The Bertz CT molecular complexity index is 596. The Morgan fingerprint density at radius 1 is 1.42 bits per heavy atom. The summed E-state index contributed by atoms with van der Waals surface area (Å²) in [6.07, 6.45) is 2.34. The quantitative estimate of drug-likeness (QED) is 0.756. The average Bonchev–Trinajstić information content (AvgIpc) is 2.42. The molecule has 0 radical (unpaired) electrons. The second-order valence-electron chi connectivity index (χ2n) is 6.85. The first-order valence-corrected chi connectivity index (χ1v) is 7.63. The number of rotatable bonds is 3. The van der Waals surface area contributed by atoms with Crippen LogP contribution in [0.4, 0.5) is 15.4 Å². The van der Waals surface area contributed by atoms with E-state index in [9.17, 15) is 14.7 Å². The van der Waals surface area contributed by atoms with Crippen LogP contribution >= 0.6 is 0 Å². The molecular weight excluding hydrogens is 314 g/mol. The molecule has 9 nitrogen and oxygen atoms in total. The van der Waals surface area contributed by atoms with E-state index in [-0.39, 0.29) is 13.1 Å². The van der Waals surface area contributed by atoms with Crippen LogP contribution in [0.2, 0.25) is 0 Å². The van der Waals surface area contributed by atoms with E-state index in [4.69, 9.17) is 4.74 Å². The first-order chi connectivity index (χ1) is 11.1. The van der Waals surface area contributed by atoms with E-state index < -0.39 is 29.4 Å². The normalized spacial score (nSPS) is 17.5. The fourth-order valence-electron chi connectivity index (χ4n) is 2.19. The molecule has 1 aliphatic heterocycles. The Labute approximate surface area is 140 Å². The number of carbonyl (C=O) groups excluding carboxylic acids is 2. The van der Waals surface area contributed by atoms with Crippen LogP contribution in [0.15, 0.2) is 18.6 Å². The number of urea groups is 1. The van der Waals surface area contributed by atoms with E-state index >= 15 is 0 Å². The van der Waals surface area contributed by atoms with Gasteiger partial charge in [-0.15, -0.1) is 0 Å². The molecule has 24 heavy (non-hydrogen) atoms. The van der Waals surface area contributed by atoms with E-state index in [1.54, 1.807) is 33.8 Å². The maximum Gasteiger partial charge on any atom is 0.410 e. The monoisotopic (exact) mass is 337 g/mol. The van der Waals surface area contributed by atoms with Crippen molar-refractivity contribution >= 4 is 17.9 Å². The first-order valence-electron chi connectivity index (χ1n) is 7.63. The number of anilines is 1. The van der Waals surface area contributed by atoms with Gasteiger partial charge in [0.25, 0.3) is 0 Å². The lowest BCUT2D eigenvalue weighted by Gasteiger charge is -2.49. The molecule has 1 unspecified atom stereocenters. The molecule has 0 spiro atoms. The van der Waals surface area contributed by atoms with Crippen molar-refractivity contribution in [2.75, 3.05) is 18.4 Å². The van der Waals surface area contributed by atoms with Gasteiger partial charge < -0.3 is 20.1 Å². The number of amides is 3. The number of hydrogen-bond acceptors (Lipinski definition) is 6. The smallest absolute Gasteiger partial charge is 0.410 e. The Morgan fingerprint density at radius 2 is 2.08 bits per heavy atom. The van der Waals surface area contributed by atoms with Crippen molar-refractivity contribution in [3.05, 3.63) is 18.6 Å². The highest BCUT2D eigenvalue weighted by molar-refractivity contribution is 5.88. The third-order valence-corrected chi connectivity index (χ3v) is 3.56. The zero-order chi connectivity index (χ0) is 18.0. The van der Waals surface area contributed by atoms with Crippen LogP contribution in [-0.2, 0) is 4.74 Å². The minimum Gasteiger partial charge on any atom is -0.444 e. The van der Waals surface area contributed by atoms with Gasteiger partial charge in [0, 0.05) is 6.20 Å². The second kappa shape index (κ2) is 6.60. The van der Waals surface area contributed by atoms with Gasteiger partial charge in [0.15, 0.2) is 0 Å². The van der Waals surface area contributed by atoms with E-state index in [0.29, 0.717) is 5.82 Å². The van der Waals surface area contributed by atoms with Gasteiger partial charge >= 0.3 is 12.1 Å². The van der Waals surface area contributed by atoms with Gasteiger partial charge in [-0.25, -0.2) is 19.6 Å². The zero-order valence-electron chi connectivity index (χ0n) is 14.2. The summed E-state index contributed by atoms with van der Waals surface area (Å²) in [5.41, 5.74) is -1.79. The third kappa shape index (κ3) is 4.54. The van der Waals surface area contributed by atoms with Gasteiger partial charge in [0.2, 0.25) is 0 Å². The lowest BCUT2D eigenvalue weighted by atomic mass is 9.87. The fraction of sp³-hybridized carbons (Fsp3) is 0.600. The number of aliphatic hydroxyl groups is 1. The van der Waals surface area contributed by atoms with E-state index in [1.807, 2.05) is 0 Å². The topological polar surface area (TPSA) is 117 Å². The highest BCUT2D eigenvalue weighted by atomic mass is 16.6. The molecule has 9 heteroatoms. The van der Waals surface area contributed by atoms with Gasteiger partial charge in [-0.2, -0.15) is 0 Å². The highest BCUT2D eigenvalue weighted by Gasteiger charge is 2.49. The van der Waals surface area contributed by atoms with Crippen molar-refractivity contribution in [2.24, 2.45) is 0 Å². The van der Waals surface area contributed by atoms with Gasteiger partial charge in [-0.3, -0.25) is 5.32 Å². The molecule has 1 saturated heterocycles. The highest BCUT2D eigenvalue weighted by Crippen LogP contribution is 2.26. The number of hydrogen-bond donors (Lipinski definition) is 3. The molecule has 0 aromatic carbocycles. The predicted molar refractivity (Wildman–Crippen MR) is 86.4 cm³/mol. The molecule has 0 saturated carbocycles. The number of carbonyl (C=O) groups is 2. The van der Waals surface area contributed by atoms with Gasteiger partial charge in [-0.05, 0) is 33.8 Å². The number of nitrogens with zero attached hydrogens (tertiary/aromatic N) is 3. The molecule has 132 valence electrons. The van der Waals surface area contributed by atoms with E-state index in [0.717, 1.165) is 0 Å². The van der Waals surface area contributed by atoms with Crippen molar-refractivity contribution in [1.29, 1.82) is 0 Å². The van der Waals surface area contributed by atoms with Crippen LogP contribution < -0.4 is 10.6 Å². The molecule has 3 N–H and O–H groups in total. The number of ether oxygens (including phenoxy) is 1. The Kier molecular flexibility index (Phi) is 4.93. The van der Waals surface area contributed by atoms with Crippen LogP contribution in [0.25, 0.3) is 0 Å². The summed E-state index contributed by atoms with van der Waals surface area (Å²) in [5, 5.41) is 15.7. The maximum atomic E-state index is 11.9. The van der Waals surface area contributed by atoms with Crippen LogP contribution in [0.1, 0.15) is 27.7 Å². The molecule has 0 bridgehead atoms. The van der Waals surface area contributed by atoms with E-state index in [2.05, 4.69) is 20.6 Å². The van der Waals surface area contributed by atoms with Crippen molar-refractivity contribution in [2.45, 2.75) is 44.9 Å². The maximum absolute atomic E-state index is 11.9. The third-order valence-electron chi connectivity index (χ3n) is 3.56. The summed E-state index contributed by atoms with van der Waals surface area (Å²) in [5.74, 6) is 0.352. The number of likely N-dealkylation sites (tertiary alicyclic amines) is 1. The molecule has 1 atom stereocenters. The van der Waals surface area contributed by atoms with Crippen LogP contribution in [0, 0.1) is 0 Å². The summed E-state index contributed by atoms with van der Waals surface area (Å²) in [7, 11) is 0. The molecular formula is C15H23N5O4. The molecule has 0 aliphatic carbocycles. The summed E-state index contributed by atoms with van der Waals surface area (Å²) < 4.78 is 5.24. The van der Waals surface area contributed by atoms with Gasteiger partial charge in [0.05, 0.1) is 19.1 Å². The van der Waals surface area contributed by atoms with Crippen LogP contribution in [0.5, 0.6) is 0 Å². The number of aromatic nitrogens is 2. The summed E-state index contributed by atoms with van der Waals surface area (Å²) >= 11 is 0. The standard InChI is InChI=1S/C15H23N5O4/c1-10(18-12(21)19-11-5-6-16-9-17-11)15(23)7-20(8-15)13(22)24-14(2,3)4/h5-6,9-10,23H,7-8H2,1-4H3,(H2,16,17,18,19,21). The summed E-state index contributed by atoms with van der Waals surface area (Å²) in [4.78, 5) is 32.8. The van der Waals surface area contributed by atoms with Gasteiger partial charge in [-0.1, -0.05) is 0 Å². The average molecular weight is 337 g/mol. The Balaban J connectivity index is 1.82. The molecule has 1 aliphatic rings. The minimum atomic E-state index is -1.19. The molecule has 2 rings (SSSR count). The van der Waals surface area contributed by atoms with Crippen LogP contribution in [-0.4, -0.2) is 62.4 Å². The number of nitrogens with one attached hydrogen (secondary N) is 2.